The fourth-order valence-electron chi connectivity index (χ4n) is 1.18. The van der Waals surface area contributed by atoms with Gasteiger partial charge >= 0.3 is 0 Å². The third-order valence-electron chi connectivity index (χ3n) is 1.81. The zero-order valence-electron chi connectivity index (χ0n) is 8.22. The second-order valence-corrected chi connectivity index (χ2v) is 3.04. The van der Waals surface area contributed by atoms with Crippen LogP contribution >= 0.6 is 0 Å². The minimum absolute atomic E-state index is 0.212. The van der Waals surface area contributed by atoms with Crippen molar-refractivity contribution in [2.75, 3.05) is 18.8 Å². The zero-order chi connectivity index (χ0) is 11.1. The number of nitrogens with zero attached hydrogens (tertiary/aromatic N) is 4. The first kappa shape index (κ1) is 11.0. The van der Waals surface area contributed by atoms with E-state index in [1.165, 1.54) is 0 Å². The van der Waals surface area contributed by atoms with Crippen molar-refractivity contribution in [2.24, 2.45) is 0 Å². The first-order valence-corrected chi connectivity index (χ1v) is 4.43. The predicted octanol–water partition coefficient (Wildman–Crippen LogP) is 0.513. The molecule has 1 aromatic rings. The lowest BCUT2D eigenvalue weighted by molar-refractivity contribution is 0.330. The van der Waals surface area contributed by atoms with Crippen molar-refractivity contribution in [3.63, 3.8) is 0 Å². The molecule has 0 aromatic carbocycles. The summed E-state index contributed by atoms with van der Waals surface area (Å²) in [5, 5.41) is 17.1. The Bertz CT molecular complexity index is 385. The Balaban J connectivity index is 2.66. The average molecular weight is 201 g/mol. The van der Waals surface area contributed by atoms with Crippen molar-refractivity contribution in [2.45, 2.75) is 6.54 Å². The molecule has 0 aliphatic carbocycles. The van der Waals surface area contributed by atoms with E-state index in [9.17, 15) is 0 Å². The van der Waals surface area contributed by atoms with Crippen molar-refractivity contribution in [3.05, 3.63) is 24.0 Å². The van der Waals surface area contributed by atoms with Gasteiger partial charge in [-0.3, -0.25) is 9.88 Å². The summed E-state index contributed by atoms with van der Waals surface area (Å²) < 4.78 is 0. The van der Waals surface area contributed by atoms with Crippen LogP contribution in [-0.4, -0.2) is 23.0 Å². The third kappa shape index (κ3) is 3.63. The maximum absolute atomic E-state index is 8.55. The van der Waals surface area contributed by atoms with E-state index in [1.807, 2.05) is 12.1 Å². The van der Waals surface area contributed by atoms with E-state index in [-0.39, 0.29) is 13.1 Å². The predicted molar refractivity (Wildman–Crippen MR) is 55.2 cm³/mol. The Hall–Kier alpha value is -2.11. The van der Waals surface area contributed by atoms with Gasteiger partial charge in [0.25, 0.3) is 0 Å². The van der Waals surface area contributed by atoms with Crippen LogP contribution in [0.1, 0.15) is 5.69 Å². The molecule has 0 saturated heterocycles. The number of pyridine rings is 1. The van der Waals surface area contributed by atoms with Crippen LogP contribution in [0, 0.1) is 22.7 Å². The number of rotatable bonds is 4. The van der Waals surface area contributed by atoms with Gasteiger partial charge in [0.15, 0.2) is 0 Å². The number of nitrogens with two attached hydrogens (primary N) is 1. The summed E-state index contributed by atoms with van der Waals surface area (Å²) in [4.78, 5) is 5.80. The lowest BCUT2D eigenvalue weighted by Gasteiger charge is -2.14. The summed E-state index contributed by atoms with van der Waals surface area (Å²) in [6.45, 7) is 0.889. The molecule has 1 rings (SSSR count). The molecule has 5 nitrogen and oxygen atoms in total. The van der Waals surface area contributed by atoms with Crippen LogP contribution in [0.25, 0.3) is 0 Å². The highest BCUT2D eigenvalue weighted by Crippen LogP contribution is 2.05. The molecule has 2 N–H and O–H groups in total. The maximum Gasteiger partial charge on any atom is 0.0877 e. The number of aromatic nitrogens is 1. The van der Waals surface area contributed by atoms with Gasteiger partial charge in [0.2, 0.25) is 0 Å². The summed E-state index contributed by atoms with van der Waals surface area (Å²) in [6.07, 6.45) is 1.61. The van der Waals surface area contributed by atoms with Crippen LogP contribution in [0.15, 0.2) is 18.3 Å². The fraction of sp³-hybridized carbons (Fsp3) is 0.300. The van der Waals surface area contributed by atoms with Crippen LogP contribution in [0.5, 0.6) is 0 Å². The topological polar surface area (TPSA) is 89.7 Å². The van der Waals surface area contributed by atoms with Crippen LogP contribution < -0.4 is 5.73 Å². The summed E-state index contributed by atoms with van der Waals surface area (Å²) in [6, 6.07) is 7.44. The molecule has 76 valence electrons. The van der Waals surface area contributed by atoms with Gasteiger partial charge in [0.1, 0.15) is 0 Å². The minimum atomic E-state index is 0.212. The van der Waals surface area contributed by atoms with E-state index < -0.39 is 0 Å². The normalized spacial score (nSPS) is 9.53. The van der Waals surface area contributed by atoms with E-state index in [0.29, 0.717) is 12.2 Å². The molecule has 0 atom stereocenters. The number of nitrogen functional groups attached to an aromatic ring is 1. The van der Waals surface area contributed by atoms with Gasteiger partial charge in [-0.1, -0.05) is 0 Å². The van der Waals surface area contributed by atoms with E-state index in [0.717, 1.165) is 5.69 Å². The van der Waals surface area contributed by atoms with E-state index >= 15 is 0 Å². The van der Waals surface area contributed by atoms with E-state index in [4.69, 9.17) is 16.3 Å². The molecular formula is C10H11N5. The molecular weight excluding hydrogens is 190 g/mol. The Morgan fingerprint density at radius 2 is 2.00 bits per heavy atom. The number of hydrogen-bond acceptors (Lipinski definition) is 5. The Morgan fingerprint density at radius 3 is 2.53 bits per heavy atom. The van der Waals surface area contributed by atoms with Crippen molar-refractivity contribution in [1.29, 1.82) is 10.5 Å². The first-order valence-electron chi connectivity index (χ1n) is 4.43. The molecule has 0 saturated carbocycles. The van der Waals surface area contributed by atoms with Gasteiger partial charge in [0.05, 0.1) is 30.9 Å². The Kier molecular flexibility index (Phi) is 4.08. The number of nitriles is 2. The largest absolute Gasteiger partial charge is 0.399 e. The SMILES string of the molecule is N#CCN(CC#N)Cc1cc(N)ccn1. The molecule has 1 heterocycles. The molecule has 1 aromatic heterocycles. The van der Waals surface area contributed by atoms with Crippen LogP contribution in [0.3, 0.4) is 0 Å². The van der Waals surface area contributed by atoms with Gasteiger partial charge in [-0.05, 0) is 12.1 Å². The molecule has 0 aliphatic heterocycles. The molecule has 0 aliphatic rings. The maximum atomic E-state index is 8.55. The monoisotopic (exact) mass is 201 g/mol. The zero-order valence-corrected chi connectivity index (χ0v) is 8.22. The molecule has 15 heavy (non-hydrogen) atoms. The average Bonchev–Trinajstić information content (AvgIpc) is 2.18. The van der Waals surface area contributed by atoms with Crippen LogP contribution in [0.4, 0.5) is 5.69 Å². The first-order chi connectivity index (χ1) is 7.26. The van der Waals surface area contributed by atoms with Crippen LogP contribution in [0.2, 0.25) is 0 Å². The van der Waals surface area contributed by atoms with E-state index in [2.05, 4.69) is 4.98 Å². The molecule has 0 spiro atoms. The van der Waals surface area contributed by atoms with Gasteiger partial charge in [-0.2, -0.15) is 10.5 Å². The van der Waals surface area contributed by atoms with Crippen LogP contribution in [-0.2, 0) is 6.54 Å². The van der Waals surface area contributed by atoms with Gasteiger partial charge in [-0.15, -0.1) is 0 Å². The van der Waals surface area contributed by atoms with Crippen molar-refractivity contribution >= 4 is 5.69 Å². The van der Waals surface area contributed by atoms with Crippen molar-refractivity contribution in [3.8, 4) is 12.1 Å². The van der Waals surface area contributed by atoms with Gasteiger partial charge < -0.3 is 5.73 Å². The summed E-state index contributed by atoms with van der Waals surface area (Å²) in [7, 11) is 0. The minimum Gasteiger partial charge on any atom is -0.399 e. The molecule has 0 radical (unpaired) electrons. The highest BCUT2D eigenvalue weighted by Gasteiger charge is 2.05. The summed E-state index contributed by atoms with van der Waals surface area (Å²) in [5.74, 6) is 0. The van der Waals surface area contributed by atoms with Gasteiger partial charge in [-0.25, -0.2) is 0 Å². The molecule has 5 heteroatoms. The quantitative estimate of drug-likeness (QED) is 0.717. The second-order valence-electron chi connectivity index (χ2n) is 3.04. The lowest BCUT2D eigenvalue weighted by Crippen LogP contribution is -2.24. The fourth-order valence-corrected chi connectivity index (χ4v) is 1.18. The molecule has 0 bridgehead atoms. The second kappa shape index (κ2) is 5.58. The molecule has 0 fully saturated rings. The molecule has 0 amide bonds. The third-order valence-corrected chi connectivity index (χ3v) is 1.81. The van der Waals surface area contributed by atoms with E-state index in [1.54, 1.807) is 23.2 Å². The highest BCUT2D eigenvalue weighted by atomic mass is 15.1. The van der Waals surface area contributed by atoms with Crippen molar-refractivity contribution in [1.82, 2.24) is 9.88 Å². The Morgan fingerprint density at radius 1 is 1.33 bits per heavy atom. The molecule has 0 unspecified atom stereocenters. The number of anilines is 1. The Labute approximate surface area is 88.4 Å². The highest BCUT2D eigenvalue weighted by molar-refractivity contribution is 5.37. The van der Waals surface area contributed by atoms with Crippen molar-refractivity contribution < 1.29 is 0 Å². The summed E-state index contributed by atoms with van der Waals surface area (Å²) in [5.41, 5.74) is 6.99. The summed E-state index contributed by atoms with van der Waals surface area (Å²) >= 11 is 0. The standard InChI is InChI=1S/C10H11N5/c11-2-5-15(6-3-12)8-10-7-9(13)1-4-14-10/h1,4,7H,5-6,8H2,(H2,13,14). The lowest BCUT2D eigenvalue weighted by atomic mass is 10.3. The smallest absolute Gasteiger partial charge is 0.0877 e. The van der Waals surface area contributed by atoms with Gasteiger partial charge in [0, 0.05) is 18.4 Å². The number of hydrogen-bond donors (Lipinski definition) is 1.